The van der Waals surface area contributed by atoms with Gasteiger partial charge in [0.15, 0.2) is 0 Å². The average Bonchev–Trinajstić information content (AvgIpc) is 2.52. The third-order valence-electron chi connectivity index (χ3n) is 4.38. The number of hydrogen-bond donors (Lipinski definition) is 0. The van der Waals surface area contributed by atoms with E-state index in [2.05, 4.69) is 102 Å². The summed E-state index contributed by atoms with van der Waals surface area (Å²) in [5, 5.41) is 2.48. The molecule has 0 aliphatic rings. The van der Waals surface area contributed by atoms with Crippen molar-refractivity contribution in [3.63, 3.8) is 0 Å². The second kappa shape index (κ2) is 7.03. The molecule has 0 N–H and O–H groups in total. The third-order valence-corrected chi connectivity index (χ3v) is 10.3. The van der Waals surface area contributed by atoms with Gasteiger partial charge in [0.05, 0.1) is 0 Å². The van der Waals surface area contributed by atoms with Gasteiger partial charge >= 0.3 is 0 Å². The van der Waals surface area contributed by atoms with Crippen molar-refractivity contribution >= 4 is 30.3 Å². The predicted octanol–water partition coefficient (Wildman–Crippen LogP) is 5.17. The van der Waals surface area contributed by atoms with E-state index in [4.69, 9.17) is 16.0 Å². The molecule has 2 aromatic carbocycles. The van der Waals surface area contributed by atoms with Gasteiger partial charge in [0.1, 0.15) is 5.56 Å². The highest BCUT2D eigenvalue weighted by molar-refractivity contribution is 6.99. The number of hydrogen-bond acceptors (Lipinski definition) is 1. The van der Waals surface area contributed by atoms with Crippen molar-refractivity contribution in [2.24, 2.45) is 5.41 Å². The molecule has 24 heavy (non-hydrogen) atoms. The lowest BCUT2D eigenvalue weighted by molar-refractivity contribution is 0.147. The Morgan fingerprint density at radius 1 is 0.750 bits per heavy atom. The summed E-state index contributed by atoms with van der Waals surface area (Å²) in [7, 11) is -2.55. The minimum atomic E-state index is -2.55. The van der Waals surface area contributed by atoms with Gasteiger partial charge in [0.25, 0.3) is 8.32 Å². The first-order valence-corrected chi connectivity index (χ1v) is 10.9. The molecular formula is C21H29ClOSi. The summed E-state index contributed by atoms with van der Waals surface area (Å²) in [5.74, 6) is 0. The first-order chi connectivity index (χ1) is 11.1. The molecule has 0 aliphatic heterocycles. The summed E-state index contributed by atoms with van der Waals surface area (Å²) < 4.78 is 6.84. The second-order valence-corrected chi connectivity index (χ2v) is 13.1. The fraction of sp³-hybridized carbons (Fsp3) is 0.429. The highest BCUT2D eigenvalue weighted by Gasteiger charge is 2.52. The Balaban J connectivity index is 2.71. The van der Waals surface area contributed by atoms with Crippen molar-refractivity contribution in [3.05, 3.63) is 60.7 Å². The van der Waals surface area contributed by atoms with Crippen LogP contribution in [0.15, 0.2) is 60.7 Å². The smallest absolute Gasteiger partial charge is 0.263 e. The number of alkyl halides is 1. The van der Waals surface area contributed by atoms with Crippen LogP contribution in [0.2, 0.25) is 5.04 Å². The van der Waals surface area contributed by atoms with Crippen molar-refractivity contribution in [2.75, 3.05) is 0 Å². The predicted molar refractivity (Wildman–Crippen MR) is 108 cm³/mol. The van der Waals surface area contributed by atoms with Crippen molar-refractivity contribution in [1.82, 2.24) is 0 Å². The van der Waals surface area contributed by atoms with Gasteiger partial charge in [0.2, 0.25) is 0 Å². The fourth-order valence-electron chi connectivity index (χ4n) is 3.02. The van der Waals surface area contributed by atoms with Crippen LogP contribution in [0.25, 0.3) is 0 Å². The van der Waals surface area contributed by atoms with Gasteiger partial charge in [-0.05, 0) is 15.4 Å². The number of rotatable bonds is 4. The zero-order valence-electron chi connectivity index (χ0n) is 15.6. The van der Waals surface area contributed by atoms with Crippen molar-refractivity contribution < 1.29 is 4.43 Å². The molecule has 0 saturated heterocycles. The highest BCUT2D eigenvalue weighted by atomic mass is 35.5. The maximum Gasteiger partial charge on any atom is 0.263 e. The molecule has 0 fully saturated rings. The lowest BCUT2D eigenvalue weighted by Gasteiger charge is -2.46. The van der Waals surface area contributed by atoms with Gasteiger partial charge in [-0.1, -0.05) is 114 Å². The Bertz CT molecular complexity index is 602. The van der Waals surface area contributed by atoms with E-state index in [0.717, 1.165) is 0 Å². The monoisotopic (exact) mass is 360 g/mol. The second-order valence-electron chi connectivity index (χ2n) is 8.46. The summed E-state index contributed by atoms with van der Waals surface area (Å²) in [4.78, 5) is 0. The third kappa shape index (κ3) is 3.77. The minimum Gasteiger partial charge on any atom is -0.391 e. The fourth-order valence-corrected chi connectivity index (χ4v) is 8.10. The Hall–Kier alpha value is -1.09. The molecule has 0 spiro atoms. The lowest BCUT2D eigenvalue weighted by Crippen LogP contribution is -2.68. The molecule has 0 amide bonds. The van der Waals surface area contributed by atoms with Crippen LogP contribution in [-0.4, -0.2) is 13.9 Å². The Morgan fingerprint density at radius 3 is 1.42 bits per heavy atom. The van der Waals surface area contributed by atoms with Crippen LogP contribution < -0.4 is 10.4 Å². The van der Waals surface area contributed by atoms with Gasteiger partial charge in [-0.15, -0.1) is 0 Å². The SMILES string of the molecule is CC(C)(C)C(Cl)O[Si](c1ccccc1)(c1ccccc1)C(C)(C)C. The van der Waals surface area contributed by atoms with Crippen LogP contribution >= 0.6 is 11.6 Å². The maximum atomic E-state index is 6.84. The molecule has 2 aromatic rings. The minimum absolute atomic E-state index is 0.0475. The van der Waals surface area contributed by atoms with E-state index < -0.39 is 8.32 Å². The van der Waals surface area contributed by atoms with Crippen LogP contribution in [0, 0.1) is 5.41 Å². The largest absolute Gasteiger partial charge is 0.391 e. The van der Waals surface area contributed by atoms with Crippen LogP contribution in [-0.2, 0) is 4.43 Å². The summed E-state index contributed by atoms with van der Waals surface area (Å²) in [6, 6.07) is 21.2. The van der Waals surface area contributed by atoms with Crippen LogP contribution in [0.4, 0.5) is 0 Å². The van der Waals surface area contributed by atoms with Gasteiger partial charge in [-0.3, -0.25) is 0 Å². The van der Waals surface area contributed by atoms with Gasteiger partial charge < -0.3 is 4.43 Å². The zero-order chi connectivity index (χ0) is 18.0. The van der Waals surface area contributed by atoms with E-state index in [0.29, 0.717) is 0 Å². The average molecular weight is 361 g/mol. The standard InChI is InChI=1S/C21H29ClOSi/c1-20(2,3)19(22)23-24(21(4,5)6,17-13-9-7-10-14-17)18-15-11-8-12-16-18/h7-16,19H,1-6H3. The topological polar surface area (TPSA) is 9.23 Å². The molecule has 130 valence electrons. The molecule has 1 unspecified atom stereocenters. The van der Waals surface area contributed by atoms with E-state index in [-0.39, 0.29) is 16.0 Å². The van der Waals surface area contributed by atoms with Crippen LogP contribution in [0.1, 0.15) is 41.5 Å². The molecule has 0 bridgehead atoms. The van der Waals surface area contributed by atoms with E-state index in [9.17, 15) is 0 Å². The van der Waals surface area contributed by atoms with Crippen molar-refractivity contribution in [1.29, 1.82) is 0 Å². The van der Waals surface area contributed by atoms with E-state index in [1.54, 1.807) is 0 Å². The van der Waals surface area contributed by atoms with E-state index >= 15 is 0 Å². The molecule has 1 nitrogen and oxygen atoms in total. The van der Waals surface area contributed by atoms with E-state index in [1.165, 1.54) is 10.4 Å². The first-order valence-electron chi connectivity index (χ1n) is 8.52. The van der Waals surface area contributed by atoms with E-state index in [1.807, 2.05) is 0 Å². The summed E-state index contributed by atoms with van der Waals surface area (Å²) in [6.45, 7) is 13.2. The quantitative estimate of drug-likeness (QED) is 0.539. The Labute approximate surface area is 153 Å². The maximum absolute atomic E-state index is 6.84. The lowest BCUT2D eigenvalue weighted by atomic mass is 9.98. The molecule has 0 aliphatic carbocycles. The molecule has 0 aromatic heterocycles. The molecule has 1 atom stereocenters. The van der Waals surface area contributed by atoms with Gasteiger partial charge in [-0.25, -0.2) is 0 Å². The zero-order valence-corrected chi connectivity index (χ0v) is 17.4. The normalized spacial score (nSPS) is 14.5. The van der Waals surface area contributed by atoms with Gasteiger partial charge in [0, 0.05) is 5.41 Å². The van der Waals surface area contributed by atoms with Crippen molar-refractivity contribution in [2.45, 2.75) is 52.1 Å². The molecule has 0 heterocycles. The summed E-state index contributed by atoms with van der Waals surface area (Å²) in [6.07, 6.45) is 0. The number of halogens is 1. The Morgan fingerprint density at radius 2 is 1.12 bits per heavy atom. The Kier molecular flexibility index (Phi) is 5.63. The first kappa shape index (κ1) is 19.2. The molecule has 0 saturated carbocycles. The van der Waals surface area contributed by atoms with Gasteiger partial charge in [-0.2, -0.15) is 0 Å². The highest BCUT2D eigenvalue weighted by Crippen LogP contribution is 2.40. The summed E-state index contributed by atoms with van der Waals surface area (Å²) >= 11 is 6.76. The summed E-state index contributed by atoms with van der Waals surface area (Å²) in [5.41, 5.74) is -0.488. The molecule has 3 heteroatoms. The van der Waals surface area contributed by atoms with Crippen LogP contribution in [0.5, 0.6) is 0 Å². The van der Waals surface area contributed by atoms with Crippen molar-refractivity contribution in [3.8, 4) is 0 Å². The molecule has 2 rings (SSSR count). The number of benzene rings is 2. The molecule has 0 radical (unpaired) electrons. The van der Waals surface area contributed by atoms with Crippen LogP contribution in [0.3, 0.4) is 0 Å². The molecular weight excluding hydrogens is 332 g/mol.